The fraction of sp³-hybridized carbons (Fsp3) is 0.269. The molecule has 1 aliphatic heterocycles. The minimum absolute atomic E-state index is 0.149. The van der Waals surface area contributed by atoms with Crippen LogP contribution < -0.4 is 0 Å². The van der Waals surface area contributed by atoms with Crippen LogP contribution in [0.2, 0.25) is 0 Å². The van der Waals surface area contributed by atoms with E-state index in [2.05, 4.69) is 88.5 Å². The standard InChI is InChI=1S/C26H27N3OS/c1-20-6-5-9-22(16-20)19-29-24(17-23-10-15-31-26(23)29)25(30)28-13-11-27(12-14-28)18-21-7-3-2-4-8-21/h2-10,15-17H,11-14,18-19H2,1H3. The third-order valence-electron chi connectivity index (χ3n) is 6.05. The second-order valence-electron chi connectivity index (χ2n) is 8.34. The van der Waals surface area contributed by atoms with Crippen LogP contribution >= 0.6 is 11.3 Å². The minimum Gasteiger partial charge on any atom is -0.335 e. The molecule has 0 atom stereocenters. The molecule has 0 radical (unpaired) electrons. The van der Waals surface area contributed by atoms with Crippen LogP contribution in [0.25, 0.3) is 10.2 Å². The second-order valence-corrected chi connectivity index (χ2v) is 9.23. The number of fused-ring (bicyclic) bond motifs is 1. The number of benzene rings is 2. The van der Waals surface area contributed by atoms with Gasteiger partial charge in [-0.25, -0.2) is 0 Å². The number of amides is 1. The summed E-state index contributed by atoms with van der Waals surface area (Å²) in [6, 6.07) is 23.3. The van der Waals surface area contributed by atoms with Crippen LogP contribution in [0.15, 0.2) is 72.1 Å². The molecule has 0 spiro atoms. The summed E-state index contributed by atoms with van der Waals surface area (Å²) in [5.41, 5.74) is 4.61. The van der Waals surface area contributed by atoms with Gasteiger partial charge in [-0.15, -0.1) is 11.3 Å². The first-order valence-corrected chi connectivity index (χ1v) is 11.7. The molecule has 31 heavy (non-hydrogen) atoms. The molecule has 3 heterocycles. The van der Waals surface area contributed by atoms with Crippen LogP contribution in [-0.2, 0) is 13.1 Å². The Morgan fingerprint density at radius 1 is 0.871 bits per heavy atom. The summed E-state index contributed by atoms with van der Waals surface area (Å²) in [7, 11) is 0. The predicted octanol–water partition coefficient (Wildman–Crippen LogP) is 5.02. The topological polar surface area (TPSA) is 28.5 Å². The van der Waals surface area contributed by atoms with E-state index in [0.717, 1.165) is 50.3 Å². The maximum atomic E-state index is 13.5. The highest BCUT2D eigenvalue weighted by Gasteiger charge is 2.25. The van der Waals surface area contributed by atoms with Gasteiger partial charge in [0.25, 0.3) is 5.91 Å². The van der Waals surface area contributed by atoms with Gasteiger partial charge in [-0.1, -0.05) is 60.2 Å². The van der Waals surface area contributed by atoms with E-state index in [9.17, 15) is 4.79 Å². The van der Waals surface area contributed by atoms with Crippen LogP contribution in [0.5, 0.6) is 0 Å². The lowest BCUT2D eigenvalue weighted by molar-refractivity contribution is 0.0619. The van der Waals surface area contributed by atoms with Crippen molar-refractivity contribution in [3.8, 4) is 0 Å². The first-order valence-electron chi connectivity index (χ1n) is 10.9. The molecule has 0 saturated carbocycles. The lowest BCUT2D eigenvalue weighted by Crippen LogP contribution is -2.48. The molecule has 0 aliphatic carbocycles. The van der Waals surface area contributed by atoms with E-state index >= 15 is 0 Å². The van der Waals surface area contributed by atoms with Gasteiger partial charge in [-0.2, -0.15) is 0 Å². The van der Waals surface area contributed by atoms with Crippen LogP contribution in [-0.4, -0.2) is 46.5 Å². The average Bonchev–Trinajstić information content (AvgIpc) is 3.37. The van der Waals surface area contributed by atoms with Crippen LogP contribution in [0.3, 0.4) is 0 Å². The summed E-state index contributed by atoms with van der Waals surface area (Å²) >= 11 is 1.71. The number of hydrogen-bond donors (Lipinski definition) is 0. The molecule has 5 heteroatoms. The van der Waals surface area contributed by atoms with Gasteiger partial charge in [0.05, 0.1) is 0 Å². The van der Waals surface area contributed by atoms with Gasteiger partial charge in [0.15, 0.2) is 0 Å². The normalized spacial score (nSPS) is 14.9. The fourth-order valence-electron chi connectivity index (χ4n) is 4.41. The van der Waals surface area contributed by atoms with Gasteiger partial charge in [0.1, 0.15) is 10.5 Å². The molecular weight excluding hydrogens is 402 g/mol. The first-order chi connectivity index (χ1) is 15.2. The summed E-state index contributed by atoms with van der Waals surface area (Å²) in [4.78, 5) is 19.1. The van der Waals surface area contributed by atoms with Crippen molar-refractivity contribution >= 4 is 27.5 Å². The lowest BCUT2D eigenvalue weighted by atomic mass is 10.1. The number of carbonyl (C=O) groups is 1. The van der Waals surface area contributed by atoms with E-state index in [4.69, 9.17) is 0 Å². The maximum absolute atomic E-state index is 13.5. The molecule has 1 amide bonds. The molecule has 5 rings (SSSR count). The third kappa shape index (κ3) is 4.29. The summed E-state index contributed by atoms with van der Waals surface area (Å²) < 4.78 is 2.20. The number of aryl methyl sites for hydroxylation is 1. The zero-order valence-corrected chi connectivity index (χ0v) is 18.6. The van der Waals surface area contributed by atoms with Crippen molar-refractivity contribution in [2.24, 2.45) is 0 Å². The van der Waals surface area contributed by atoms with Crippen LogP contribution in [0.4, 0.5) is 0 Å². The van der Waals surface area contributed by atoms with Crippen molar-refractivity contribution < 1.29 is 4.79 Å². The second kappa shape index (κ2) is 8.69. The SMILES string of the molecule is Cc1cccc(Cn2c(C(=O)N3CCN(Cc4ccccc4)CC3)cc3ccsc32)c1. The number of nitrogens with zero attached hydrogens (tertiary/aromatic N) is 3. The van der Waals surface area contributed by atoms with Gasteiger partial charge in [-0.3, -0.25) is 9.69 Å². The average molecular weight is 430 g/mol. The summed E-state index contributed by atoms with van der Waals surface area (Å²) in [5.74, 6) is 0.149. The molecule has 4 aromatic rings. The van der Waals surface area contributed by atoms with Crippen molar-refractivity contribution in [2.45, 2.75) is 20.0 Å². The smallest absolute Gasteiger partial charge is 0.270 e. The fourth-order valence-corrected chi connectivity index (χ4v) is 5.31. The van der Waals surface area contributed by atoms with E-state index < -0.39 is 0 Å². The van der Waals surface area contributed by atoms with E-state index in [1.807, 2.05) is 4.90 Å². The van der Waals surface area contributed by atoms with Gasteiger partial charge < -0.3 is 9.47 Å². The molecule has 2 aromatic heterocycles. The number of thiophene rings is 1. The highest BCUT2D eigenvalue weighted by molar-refractivity contribution is 7.16. The van der Waals surface area contributed by atoms with Crippen molar-refractivity contribution in [3.63, 3.8) is 0 Å². The number of hydrogen-bond acceptors (Lipinski definition) is 3. The first kappa shape index (κ1) is 20.0. The number of aromatic nitrogens is 1. The number of rotatable bonds is 5. The third-order valence-corrected chi connectivity index (χ3v) is 7.00. The molecule has 2 aromatic carbocycles. The van der Waals surface area contributed by atoms with Crippen molar-refractivity contribution in [1.82, 2.24) is 14.4 Å². The van der Waals surface area contributed by atoms with E-state index in [-0.39, 0.29) is 5.91 Å². The Morgan fingerprint density at radius 2 is 1.65 bits per heavy atom. The van der Waals surface area contributed by atoms with Crippen LogP contribution in [0, 0.1) is 6.92 Å². The summed E-state index contributed by atoms with van der Waals surface area (Å²) in [6.45, 7) is 7.15. The zero-order valence-electron chi connectivity index (χ0n) is 17.8. The molecule has 0 N–H and O–H groups in total. The quantitative estimate of drug-likeness (QED) is 0.446. The number of piperazine rings is 1. The predicted molar refractivity (Wildman–Crippen MR) is 128 cm³/mol. The molecule has 4 nitrogen and oxygen atoms in total. The molecule has 1 saturated heterocycles. The number of carbonyl (C=O) groups excluding carboxylic acids is 1. The van der Waals surface area contributed by atoms with Gasteiger partial charge in [0, 0.05) is 44.7 Å². The van der Waals surface area contributed by atoms with E-state index in [1.165, 1.54) is 21.5 Å². The maximum Gasteiger partial charge on any atom is 0.270 e. The highest BCUT2D eigenvalue weighted by atomic mass is 32.1. The van der Waals surface area contributed by atoms with Gasteiger partial charge in [0.2, 0.25) is 0 Å². The Kier molecular flexibility index (Phi) is 5.62. The molecule has 0 bridgehead atoms. The Bertz CT molecular complexity index is 1190. The van der Waals surface area contributed by atoms with E-state index in [0.29, 0.717) is 0 Å². The summed E-state index contributed by atoms with van der Waals surface area (Å²) in [6.07, 6.45) is 0. The van der Waals surface area contributed by atoms with Crippen LogP contribution in [0.1, 0.15) is 27.2 Å². The minimum atomic E-state index is 0.149. The van der Waals surface area contributed by atoms with Crippen molar-refractivity contribution in [3.05, 3.63) is 94.5 Å². The largest absolute Gasteiger partial charge is 0.335 e. The monoisotopic (exact) mass is 429 g/mol. The molecular formula is C26H27N3OS. The Labute approximate surface area is 187 Å². The molecule has 1 fully saturated rings. The molecule has 0 unspecified atom stereocenters. The Balaban J connectivity index is 1.33. The molecule has 1 aliphatic rings. The van der Waals surface area contributed by atoms with Gasteiger partial charge in [-0.05, 0) is 35.6 Å². The summed E-state index contributed by atoms with van der Waals surface area (Å²) in [5, 5.41) is 3.26. The Morgan fingerprint density at radius 3 is 2.42 bits per heavy atom. The van der Waals surface area contributed by atoms with Crippen molar-refractivity contribution in [1.29, 1.82) is 0 Å². The molecule has 158 valence electrons. The van der Waals surface area contributed by atoms with E-state index in [1.54, 1.807) is 11.3 Å². The van der Waals surface area contributed by atoms with Gasteiger partial charge >= 0.3 is 0 Å². The van der Waals surface area contributed by atoms with Crippen molar-refractivity contribution in [2.75, 3.05) is 26.2 Å². The lowest BCUT2D eigenvalue weighted by Gasteiger charge is -2.35. The highest BCUT2D eigenvalue weighted by Crippen LogP contribution is 2.27. The Hall–Kier alpha value is -2.89. The zero-order chi connectivity index (χ0) is 21.2.